The highest BCUT2D eigenvalue weighted by molar-refractivity contribution is 5.68. The van der Waals surface area contributed by atoms with E-state index in [0.29, 0.717) is 32.3 Å². The predicted molar refractivity (Wildman–Crippen MR) is 139 cm³/mol. The number of hydrogen-bond acceptors (Lipinski definition) is 8. The molecule has 8 nitrogen and oxygen atoms in total. The van der Waals surface area contributed by atoms with Gasteiger partial charge in [-0.2, -0.15) is 0 Å². The summed E-state index contributed by atoms with van der Waals surface area (Å²) in [7, 11) is 1.71. The highest BCUT2D eigenvalue weighted by Gasteiger charge is 2.29. The lowest BCUT2D eigenvalue weighted by atomic mass is 10.0. The van der Waals surface area contributed by atoms with Crippen LogP contribution < -0.4 is 4.90 Å². The summed E-state index contributed by atoms with van der Waals surface area (Å²) in [6, 6.07) is 14.3. The van der Waals surface area contributed by atoms with Crippen LogP contribution in [-0.4, -0.2) is 67.3 Å². The van der Waals surface area contributed by atoms with Crippen LogP contribution in [0.5, 0.6) is 0 Å². The Morgan fingerprint density at radius 1 is 1.19 bits per heavy atom. The highest BCUT2D eigenvalue weighted by Crippen LogP contribution is 2.35. The molecule has 2 atom stereocenters. The molecule has 0 radical (unpaired) electrons. The van der Waals surface area contributed by atoms with Crippen molar-refractivity contribution < 1.29 is 23.5 Å². The van der Waals surface area contributed by atoms with E-state index in [4.69, 9.17) is 18.4 Å². The number of ether oxygens (including phenoxy) is 2. The first-order valence-corrected chi connectivity index (χ1v) is 13.0. The Balaban J connectivity index is 1.52. The Hall–Kier alpha value is -2.65. The number of rotatable bonds is 14. The summed E-state index contributed by atoms with van der Waals surface area (Å²) in [5.74, 6) is 1.60. The minimum absolute atomic E-state index is 0.229. The topological polar surface area (TPSA) is 84.3 Å². The maximum absolute atomic E-state index is 10.8. The predicted octanol–water partition coefficient (Wildman–Crippen LogP) is 4.73. The fraction of sp³-hybridized carbons (Fsp3) is 0.536. The van der Waals surface area contributed by atoms with Crippen molar-refractivity contribution in [3.8, 4) is 11.3 Å². The number of aliphatic hydroxyl groups is 1. The van der Waals surface area contributed by atoms with Crippen LogP contribution in [0.2, 0.25) is 0 Å². The molecule has 8 heteroatoms. The van der Waals surface area contributed by atoms with Gasteiger partial charge >= 0.3 is 0 Å². The molecule has 2 aromatic heterocycles. The van der Waals surface area contributed by atoms with Gasteiger partial charge in [-0.3, -0.25) is 4.90 Å². The van der Waals surface area contributed by atoms with Crippen molar-refractivity contribution >= 4 is 5.88 Å². The Morgan fingerprint density at radius 3 is 2.81 bits per heavy atom. The van der Waals surface area contributed by atoms with Crippen molar-refractivity contribution in [2.45, 2.75) is 57.9 Å². The van der Waals surface area contributed by atoms with Crippen molar-refractivity contribution in [3.63, 3.8) is 0 Å². The summed E-state index contributed by atoms with van der Waals surface area (Å²) in [4.78, 5) is 4.60. The third kappa shape index (κ3) is 7.20. The van der Waals surface area contributed by atoms with E-state index in [1.807, 2.05) is 30.3 Å². The van der Waals surface area contributed by atoms with Gasteiger partial charge in [0.2, 0.25) is 5.88 Å². The molecule has 0 spiro atoms. The lowest BCUT2D eigenvalue weighted by molar-refractivity contribution is 0.00282. The van der Waals surface area contributed by atoms with Crippen molar-refractivity contribution in [1.82, 2.24) is 10.1 Å². The van der Waals surface area contributed by atoms with Crippen molar-refractivity contribution in [2.75, 3.05) is 44.9 Å². The van der Waals surface area contributed by atoms with Crippen LogP contribution in [-0.2, 0) is 22.6 Å². The third-order valence-corrected chi connectivity index (χ3v) is 6.69. The average Bonchev–Trinajstić information content (AvgIpc) is 3.55. The first-order valence-electron chi connectivity index (χ1n) is 13.0. The molecule has 1 aliphatic rings. The third-order valence-electron chi connectivity index (χ3n) is 6.69. The van der Waals surface area contributed by atoms with Gasteiger partial charge in [0.05, 0.1) is 24.5 Å². The Labute approximate surface area is 213 Å². The molecule has 1 fully saturated rings. The summed E-state index contributed by atoms with van der Waals surface area (Å²) < 4.78 is 22.3. The number of aliphatic hydroxyl groups excluding tert-OH is 1. The second-order valence-electron chi connectivity index (χ2n) is 9.55. The van der Waals surface area contributed by atoms with Gasteiger partial charge in [0.25, 0.3) is 0 Å². The molecule has 1 aliphatic heterocycles. The summed E-state index contributed by atoms with van der Waals surface area (Å²) in [5.41, 5.74) is 2.96. The average molecular weight is 498 g/mol. The monoisotopic (exact) mass is 497 g/mol. The smallest absolute Gasteiger partial charge is 0.232 e. The highest BCUT2D eigenvalue weighted by atomic mass is 16.5. The van der Waals surface area contributed by atoms with E-state index in [2.05, 4.69) is 34.0 Å². The number of anilines is 1. The molecule has 4 rings (SSSR count). The van der Waals surface area contributed by atoms with E-state index in [-0.39, 0.29) is 6.61 Å². The van der Waals surface area contributed by atoms with Crippen LogP contribution in [0, 0.1) is 0 Å². The number of methoxy groups -OCH3 is 1. The van der Waals surface area contributed by atoms with Gasteiger partial charge in [-0.1, -0.05) is 35.5 Å². The Morgan fingerprint density at radius 2 is 2.06 bits per heavy atom. The largest absolute Gasteiger partial charge is 0.467 e. The van der Waals surface area contributed by atoms with E-state index in [1.165, 1.54) is 6.42 Å². The molecular formula is C28H39N3O5. The zero-order valence-corrected chi connectivity index (χ0v) is 21.5. The maximum atomic E-state index is 10.8. The van der Waals surface area contributed by atoms with Crippen LogP contribution in [0.25, 0.3) is 11.3 Å². The number of hydrogen-bond donors (Lipinski definition) is 1. The Bertz CT molecular complexity index is 1010. The Kier molecular flexibility index (Phi) is 9.98. The van der Waals surface area contributed by atoms with Crippen LogP contribution >= 0.6 is 0 Å². The minimum atomic E-state index is -0.639. The molecular weight excluding hydrogens is 458 g/mol. The molecule has 0 bridgehead atoms. The summed E-state index contributed by atoms with van der Waals surface area (Å²) in [6.45, 7) is 6.31. The van der Waals surface area contributed by atoms with Gasteiger partial charge in [-0.25, -0.2) is 0 Å². The maximum Gasteiger partial charge on any atom is 0.232 e. The molecule has 3 heterocycles. The fourth-order valence-corrected chi connectivity index (χ4v) is 4.82. The molecule has 1 aromatic carbocycles. The second-order valence-corrected chi connectivity index (χ2v) is 9.55. The first-order chi connectivity index (χ1) is 17.7. The standard InChI is InChI=1S/C28H39N3O5/c1-22-10-6-7-15-31(22)28-26(27(29-36-28)23-11-4-3-5-12-23)19-30(14-9-16-33-2)18-24(32)20-34-21-25-13-8-17-35-25/h3-5,8,11-13,17,22,24,32H,6-7,9-10,14-16,18-21H2,1-2H3. The van der Waals surface area contributed by atoms with Crippen molar-refractivity contribution in [3.05, 3.63) is 60.1 Å². The summed E-state index contributed by atoms with van der Waals surface area (Å²) >= 11 is 0. The molecule has 0 saturated carbocycles. The summed E-state index contributed by atoms with van der Waals surface area (Å²) in [5, 5.41) is 15.3. The first kappa shape index (κ1) is 26.4. The van der Waals surface area contributed by atoms with Gasteiger partial charge in [0.15, 0.2) is 0 Å². The molecule has 0 amide bonds. The molecule has 1 saturated heterocycles. The van der Waals surface area contributed by atoms with Crippen LogP contribution in [0.15, 0.2) is 57.7 Å². The van der Waals surface area contributed by atoms with E-state index in [1.54, 1.807) is 13.4 Å². The van der Waals surface area contributed by atoms with E-state index in [0.717, 1.165) is 60.8 Å². The van der Waals surface area contributed by atoms with Gasteiger partial charge in [-0.15, -0.1) is 0 Å². The van der Waals surface area contributed by atoms with E-state index in [9.17, 15) is 5.11 Å². The molecule has 3 aromatic rings. The molecule has 2 unspecified atom stereocenters. The van der Waals surface area contributed by atoms with Crippen LogP contribution in [0.3, 0.4) is 0 Å². The fourth-order valence-electron chi connectivity index (χ4n) is 4.82. The van der Waals surface area contributed by atoms with Crippen molar-refractivity contribution in [1.29, 1.82) is 0 Å². The molecule has 196 valence electrons. The molecule has 1 N–H and O–H groups in total. The normalized spacial score (nSPS) is 17.1. The number of furan rings is 1. The molecule has 0 aliphatic carbocycles. The van der Waals surface area contributed by atoms with Crippen molar-refractivity contribution in [2.24, 2.45) is 0 Å². The number of piperidine rings is 1. The quantitative estimate of drug-likeness (QED) is 0.320. The van der Waals surface area contributed by atoms with E-state index >= 15 is 0 Å². The van der Waals surface area contributed by atoms with Crippen LogP contribution in [0.1, 0.15) is 43.9 Å². The lowest BCUT2D eigenvalue weighted by Gasteiger charge is -2.34. The zero-order chi connectivity index (χ0) is 25.2. The number of nitrogens with zero attached hydrogens (tertiary/aromatic N) is 3. The van der Waals surface area contributed by atoms with Gasteiger partial charge < -0.3 is 28.4 Å². The van der Waals surface area contributed by atoms with Gasteiger partial charge in [0, 0.05) is 51.5 Å². The number of aromatic nitrogens is 1. The zero-order valence-electron chi connectivity index (χ0n) is 21.5. The van der Waals surface area contributed by atoms with Gasteiger partial charge in [-0.05, 0) is 44.7 Å². The molecule has 36 heavy (non-hydrogen) atoms. The van der Waals surface area contributed by atoms with E-state index < -0.39 is 6.10 Å². The number of benzene rings is 1. The SMILES string of the molecule is COCCCN(Cc1c(-c2ccccc2)noc1N1CCCCC1C)CC(O)COCc1ccco1. The lowest BCUT2D eigenvalue weighted by Crippen LogP contribution is -2.39. The second kappa shape index (κ2) is 13.6. The van der Waals surface area contributed by atoms with Crippen LogP contribution in [0.4, 0.5) is 5.88 Å². The summed E-state index contributed by atoms with van der Waals surface area (Å²) in [6.07, 6.45) is 5.37. The van der Waals surface area contributed by atoms with Gasteiger partial charge in [0.1, 0.15) is 18.1 Å². The minimum Gasteiger partial charge on any atom is -0.467 e.